The standard InChI is InChI=1S/C32H29N3O2/c1-22-11-15-25(16-12-22)30-20-31(29-9-4-5-10-32(29)37-3)35(34-30)28-17-13-24(14-18-28)21-33-27-8-6-7-26(19-27)23(2)36/h4-19,21,31H,20H2,1-3H3. The largest absolute Gasteiger partial charge is 0.496 e. The molecule has 37 heavy (non-hydrogen) atoms. The van der Waals surface area contributed by atoms with E-state index in [-0.39, 0.29) is 11.8 Å². The van der Waals surface area contributed by atoms with Crippen LogP contribution in [0.4, 0.5) is 11.4 Å². The van der Waals surface area contributed by atoms with Gasteiger partial charge in [0.2, 0.25) is 0 Å². The number of aliphatic imine (C=N–C) groups is 1. The van der Waals surface area contributed by atoms with E-state index in [9.17, 15) is 4.79 Å². The van der Waals surface area contributed by atoms with Gasteiger partial charge in [-0.1, -0.05) is 72.3 Å². The number of carbonyl (C=O) groups excluding carboxylic acids is 1. The zero-order valence-corrected chi connectivity index (χ0v) is 21.3. The molecule has 0 radical (unpaired) electrons. The van der Waals surface area contributed by atoms with Gasteiger partial charge in [-0.2, -0.15) is 5.10 Å². The second-order valence-electron chi connectivity index (χ2n) is 9.18. The van der Waals surface area contributed by atoms with Crippen molar-refractivity contribution in [2.75, 3.05) is 12.1 Å². The first-order valence-corrected chi connectivity index (χ1v) is 12.3. The average molecular weight is 488 g/mol. The fourth-order valence-electron chi connectivity index (χ4n) is 4.52. The molecule has 5 rings (SSSR count). The van der Waals surface area contributed by atoms with Crippen LogP contribution >= 0.6 is 0 Å². The molecule has 0 fully saturated rings. The summed E-state index contributed by atoms with van der Waals surface area (Å²) in [5.41, 5.74) is 7.87. The molecule has 5 nitrogen and oxygen atoms in total. The molecule has 1 unspecified atom stereocenters. The van der Waals surface area contributed by atoms with Gasteiger partial charge in [-0.15, -0.1) is 0 Å². The molecule has 4 aromatic rings. The van der Waals surface area contributed by atoms with Crippen LogP contribution in [0, 0.1) is 6.92 Å². The number of methoxy groups -OCH3 is 1. The Balaban J connectivity index is 1.45. The van der Waals surface area contributed by atoms with Gasteiger partial charge >= 0.3 is 0 Å². The quantitative estimate of drug-likeness (QED) is 0.203. The fraction of sp³-hybridized carbons (Fsp3) is 0.156. The van der Waals surface area contributed by atoms with E-state index < -0.39 is 0 Å². The summed E-state index contributed by atoms with van der Waals surface area (Å²) in [6.07, 6.45) is 2.59. The molecule has 0 aromatic heterocycles. The molecule has 0 spiro atoms. The van der Waals surface area contributed by atoms with Crippen LogP contribution in [0.3, 0.4) is 0 Å². The van der Waals surface area contributed by atoms with E-state index in [1.165, 1.54) is 5.56 Å². The molecule has 1 heterocycles. The highest BCUT2D eigenvalue weighted by molar-refractivity contribution is 6.03. The zero-order valence-electron chi connectivity index (χ0n) is 21.3. The number of nitrogens with zero attached hydrogens (tertiary/aromatic N) is 3. The molecule has 1 aliphatic heterocycles. The first-order chi connectivity index (χ1) is 18.0. The number of para-hydroxylation sites is 1. The number of ketones is 1. The van der Waals surface area contributed by atoms with Gasteiger partial charge in [0.1, 0.15) is 5.75 Å². The van der Waals surface area contributed by atoms with Crippen LogP contribution in [-0.4, -0.2) is 24.8 Å². The molecule has 0 N–H and O–H groups in total. The highest BCUT2D eigenvalue weighted by Crippen LogP contribution is 2.40. The van der Waals surface area contributed by atoms with Gasteiger partial charge in [0.25, 0.3) is 0 Å². The predicted molar refractivity (Wildman–Crippen MR) is 151 cm³/mol. The summed E-state index contributed by atoms with van der Waals surface area (Å²) in [7, 11) is 1.71. The maximum absolute atomic E-state index is 11.7. The molecule has 0 bridgehead atoms. The average Bonchev–Trinajstić information content (AvgIpc) is 3.38. The molecule has 4 aromatic carbocycles. The van der Waals surface area contributed by atoms with E-state index in [2.05, 4.69) is 59.4 Å². The molecule has 5 heteroatoms. The number of hydrogen-bond acceptors (Lipinski definition) is 5. The monoisotopic (exact) mass is 487 g/mol. The second kappa shape index (κ2) is 10.6. The van der Waals surface area contributed by atoms with Gasteiger partial charge in [-0.05, 0) is 55.3 Å². The van der Waals surface area contributed by atoms with E-state index in [1.807, 2.05) is 48.7 Å². The Hall–Kier alpha value is -4.51. The Labute approximate surface area is 217 Å². The fourth-order valence-corrected chi connectivity index (χ4v) is 4.52. The Bertz CT molecular complexity index is 1470. The molecular formula is C32H29N3O2. The van der Waals surface area contributed by atoms with Gasteiger partial charge in [-0.25, -0.2) is 0 Å². The van der Waals surface area contributed by atoms with Gasteiger partial charge < -0.3 is 4.74 Å². The molecule has 0 aliphatic carbocycles. The molecule has 184 valence electrons. The normalized spacial score (nSPS) is 15.2. The third-order valence-electron chi connectivity index (χ3n) is 6.57. The van der Waals surface area contributed by atoms with Crippen molar-refractivity contribution in [3.05, 3.63) is 125 Å². The molecule has 1 atom stereocenters. The van der Waals surface area contributed by atoms with Crippen LogP contribution in [0.15, 0.2) is 107 Å². The maximum atomic E-state index is 11.7. The Kier molecular flexibility index (Phi) is 6.95. The highest BCUT2D eigenvalue weighted by Gasteiger charge is 2.31. The molecule has 0 amide bonds. The highest BCUT2D eigenvalue weighted by atomic mass is 16.5. The lowest BCUT2D eigenvalue weighted by molar-refractivity contribution is 0.101. The maximum Gasteiger partial charge on any atom is 0.159 e. The van der Waals surface area contributed by atoms with Gasteiger partial charge in [0.15, 0.2) is 5.78 Å². The summed E-state index contributed by atoms with van der Waals surface area (Å²) < 4.78 is 5.70. The summed E-state index contributed by atoms with van der Waals surface area (Å²) >= 11 is 0. The van der Waals surface area contributed by atoms with Crippen LogP contribution in [-0.2, 0) is 0 Å². The van der Waals surface area contributed by atoms with Crippen molar-refractivity contribution in [3.63, 3.8) is 0 Å². The predicted octanol–water partition coefficient (Wildman–Crippen LogP) is 7.31. The van der Waals surface area contributed by atoms with Crippen LogP contribution in [0.1, 0.15) is 52.0 Å². The van der Waals surface area contributed by atoms with E-state index in [0.717, 1.165) is 45.9 Å². The van der Waals surface area contributed by atoms with Crippen molar-refractivity contribution in [3.8, 4) is 5.75 Å². The van der Waals surface area contributed by atoms with Crippen LogP contribution in [0.2, 0.25) is 0 Å². The van der Waals surface area contributed by atoms with Gasteiger partial charge in [0.05, 0.1) is 30.2 Å². The van der Waals surface area contributed by atoms with Crippen LogP contribution < -0.4 is 9.75 Å². The third kappa shape index (κ3) is 5.36. The van der Waals surface area contributed by atoms with Crippen molar-refractivity contribution < 1.29 is 9.53 Å². The number of hydrazone groups is 1. The smallest absolute Gasteiger partial charge is 0.159 e. The van der Waals surface area contributed by atoms with Crippen LogP contribution in [0.5, 0.6) is 5.75 Å². The van der Waals surface area contributed by atoms with Gasteiger partial charge in [0, 0.05) is 23.8 Å². The summed E-state index contributed by atoms with van der Waals surface area (Å²) in [5, 5.41) is 7.16. The number of carbonyl (C=O) groups is 1. The molecule has 0 saturated carbocycles. The summed E-state index contributed by atoms with van der Waals surface area (Å²) in [6.45, 7) is 3.65. The number of rotatable bonds is 7. The minimum Gasteiger partial charge on any atom is -0.496 e. The molecule has 1 aliphatic rings. The number of aryl methyl sites for hydroxylation is 1. The Morgan fingerprint density at radius 1 is 0.973 bits per heavy atom. The van der Waals surface area contributed by atoms with Crippen molar-refractivity contribution in [1.29, 1.82) is 0 Å². The van der Waals surface area contributed by atoms with Crippen molar-refractivity contribution >= 4 is 29.1 Å². The van der Waals surface area contributed by atoms with E-state index in [0.29, 0.717) is 5.56 Å². The van der Waals surface area contributed by atoms with Crippen LogP contribution in [0.25, 0.3) is 0 Å². The topological polar surface area (TPSA) is 54.3 Å². The Morgan fingerprint density at radius 2 is 1.73 bits per heavy atom. The van der Waals surface area contributed by atoms with E-state index in [1.54, 1.807) is 26.2 Å². The number of benzene rings is 4. The first-order valence-electron chi connectivity index (χ1n) is 12.3. The third-order valence-corrected chi connectivity index (χ3v) is 6.57. The summed E-state index contributed by atoms with van der Waals surface area (Å²) in [6, 6.07) is 32.2. The van der Waals surface area contributed by atoms with Crippen molar-refractivity contribution in [2.45, 2.75) is 26.3 Å². The lowest BCUT2D eigenvalue weighted by Crippen LogP contribution is -2.19. The number of anilines is 1. The molecular weight excluding hydrogens is 458 g/mol. The minimum atomic E-state index is 0.0151. The number of Topliss-reactive ketones (excluding diaryl/α,β-unsaturated/α-hetero) is 1. The lowest BCUT2D eigenvalue weighted by atomic mass is 9.97. The number of ether oxygens (including phenoxy) is 1. The second-order valence-corrected chi connectivity index (χ2v) is 9.18. The van der Waals surface area contributed by atoms with E-state index in [4.69, 9.17) is 9.84 Å². The summed E-state index contributed by atoms with van der Waals surface area (Å²) in [5.74, 6) is 0.886. The van der Waals surface area contributed by atoms with Crippen molar-refractivity contribution in [2.24, 2.45) is 10.1 Å². The lowest BCUT2D eigenvalue weighted by Gasteiger charge is -2.25. The Morgan fingerprint density at radius 3 is 2.46 bits per heavy atom. The zero-order chi connectivity index (χ0) is 25.8. The summed E-state index contributed by atoms with van der Waals surface area (Å²) in [4.78, 5) is 16.2. The van der Waals surface area contributed by atoms with E-state index >= 15 is 0 Å². The molecule has 0 saturated heterocycles. The van der Waals surface area contributed by atoms with Gasteiger partial charge in [-0.3, -0.25) is 14.8 Å². The minimum absolute atomic E-state index is 0.0151. The first kappa shape index (κ1) is 24.2. The SMILES string of the molecule is COc1ccccc1C1CC(c2ccc(C)cc2)=NN1c1ccc(C=Nc2cccc(C(C)=O)c2)cc1. The number of hydrogen-bond donors (Lipinski definition) is 0. The van der Waals surface area contributed by atoms with Crippen molar-refractivity contribution in [1.82, 2.24) is 0 Å².